The van der Waals surface area contributed by atoms with Crippen LogP contribution in [0, 0.1) is 0 Å². The zero-order chi connectivity index (χ0) is 24.2. The Hall–Kier alpha value is -3.13. The van der Waals surface area contributed by atoms with Gasteiger partial charge in [-0.2, -0.15) is 4.98 Å². The predicted molar refractivity (Wildman–Crippen MR) is 137 cm³/mol. The molecule has 1 saturated heterocycles. The number of piperidine rings is 1. The Bertz CT molecular complexity index is 1280. The van der Waals surface area contributed by atoms with Crippen molar-refractivity contribution in [1.29, 1.82) is 0 Å². The van der Waals surface area contributed by atoms with Gasteiger partial charge in [-0.05, 0) is 51.5 Å². The van der Waals surface area contributed by atoms with E-state index in [2.05, 4.69) is 23.1 Å². The normalized spacial score (nSPS) is 16.2. The molecule has 1 unspecified atom stereocenters. The maximum atomic E-state index is 13.3. The van der Waals surface area contributed by atoms with Crippen molar-refractivity contribution < 1.29 is 0 Å². The highest BCUT2D eigenvalue weighted by Gasteiger charge is 2.26. The summed E-state index contributed by atoms with van der Waals surface area (Å²) in [5.74, 6) is 0.725. The molecule has 0 bridgehead atoms. The number of anilines is 1. The second-order valence-corrected chi connectivity index (χ2v) is 9.57. The first-order chi connectivity index (χ1) is 16.4. The molecule has 1 aromatic carbocycles. The molecular weight excluding hydrogens is 428 g/mol. The van der Waals surface area contributed by atoms with Crippen molar-refractivity contribution in [2.24, 2.45) is 12.8 Å². The number of aromatic nitrogens is 4. The lowest BCUT2D eigenvalue weighted by Gasteiger charge is -2.31. The van der Waals surface area contributed by atoms with Crippen LogP contribution >= 0.6 is 0 Å². The van der Waals surface area contributed by atoms with Crippen molar-refractivity contribution in [1.82, 2.24) is 18.7 Å². The van der Waals surface area contributed by atoms with Crippen molar-refractivity contribution in [3.63, 3.8) is 0 Å². The SMILES string of the molecule is CC(C)=CCn1c(N2CCCC(N)C2)nc2c1c(=O)n(C)c(=O)n2CCCCc1ccccc1. The third kappa shape index (κ3) is 5.01. The van der Waals surface area contributed by atoms with Crippen LogP contribution in [0.25, 0.3) is 11.2 Å². The average molecular weight is 465 g/mol. The number of unbranched alkanes of at least 4 members (excludes halogenated alkanes) is 1. The summed E-state index contributed by atoms with van der Waals surface area (Å²) in [6.07, 6.45) is 6.79. The number of rotatable bonds is 8. The minimum Gasteiger partial charge on any atom is -0.341 e. The summed E-state index contributed by atoms with van der Waals surface area (Å²) in [5.41, 5.74) is 9.05. The van der Waals surface area contributed by atoms with Gasteiger partial charge in [0.2, 0.25) is 5.95 Å². The summed E-state index contributed by atoms with van der Waals surface area (Å²) in [4.78, 5) is 33.4. The van der Waals surface area contributed by atoms with Gasteiger partial charge in [0, 0.05) is 39.3 Å². The first-order valence-electron chi connectivity index (χ1n) is 12.2. The van der Waals surface area contributed by atoms with E-state index in [0.717, 1.165) is 50.2 Å². The molecule has 1 fully saturated rings. The third-order valence-corrected chi connectivity index (χ3v) is 6.57. The zero-order valence-corrected chi connectivity index (χ0v) is 20.5. The van der Waals surface area contributed by atoms with E-state index in [1.807, 2.05) is 36.6 Å². The van der Waals surface area contributed by atoms with E-state index in [9.17, 15) is 9.59 Å². The Morgan fingerprint density at radius 1 is 1.15 bits per heavy atom. The maximum Gasteiger partial charge on any atom is 0.332 e. The van der Waals surface area contributed by atoms with E-state index < -0.39 is 0 Å². The molecule has 1 aliphatic heterocycles. The highest BCUT2D eigenvalue weighted by atomic mass is 16.2. The summed E-state index contributed by atoms with van der Waals surface area (Å²) >= 11 is 0. The fourth-order valence-electron chi connectivity index (χ4n) is 4.67. The molecule has 182 valence electrons. The number of hydrogen-bond donors (Lipinski definition) is 1. The number of aryl methyl sites for hydroxylation is 2. The number of nitrogens with two attached hydrogens (primary N) is 1. The van der Waals surface area contributed by atoms with Crippen LogP contribution in [0.5, 0.6) is 0 Å². The van der Waals surface area contributed by atoms with Gasteiger partial charge in [0.15, 0.2) is 11.2 Å². The second-order valence-electron chi connectivity index (χ2n) is 9.57. The Kier molecular flexibility index (Phi) is 7.36. The topological polar surface area (TPSA) is 91.1 Å². The molecular formula is C26H36N6O2. The summed E-state index contributed by atoms with van der Waals surface area (Å²) < 4.78 is 4.85. The summed E-state index contributed by atoms with van der Waals surface area (Å²) in [6, 6.07) is 10.4. The molecule has 0 radical (unpaired) electrons. The molecule has 1 aliphatic rings. The Labute approximate surface area is 200 Å². The second kappa shape index (κ2) is 10.4. The van der Waals surface area contributed by atoms with Crippen LogP contribution in [0.15, 0.2) is 51.6 Å². The summed E-state index contributed by atoms with van der Waals surface area (Å²) in [7, 11) is 1.55. The number of benzene rings is 1. The fourth-order valence-corrected chi connectivity index (χ4v) is 4.67. The van der Waals surface area contributed by atoms with Gasteiger partial charge in [0.1, 0.15) is 0 Å². The van der Waals surface area contributed by atoms with Crippen LogP contribution in [-0.4, -0.2) is 37.8 Å². The molecule has 1 atom stereocenters. The highest BCUT2D eigenvalue weighted by Crippen LogP contribution is 2.23. The van der Waals surface area contributed by atoms with E-state index in [4.69, 9.17) is 10.7 Å². The number of allylic oxidation sites excluding steroid dienone is 2. The maximum absolute atomic E-state index is 13.3. The van der Waals surface area contributed by atoms with Crippen LogP contribution in [0.2, 0.25) is 0 Å². The summed E-state index contributed by atoms with van der Waals surface area (Å²) in [5, 5.41) is 0. The standard InChI is InChI=1S/C26H36N6O2/c1-19(2)14-17-31-22-23(28-25(31)30-15-9-13-21(27)18-30)32(26(34)29(3)24(22)33)16-8-7-12-20-10-5-4-6-11-20/h4-6,10-11,14,21H,7-9,12-13,15-18,27H2,1-3H3. The molecule has 0 saturated carbocycles. The first kappa shape index (κ1) is 24.0. The van der Waals surface area contributed by atoms with Crippen LogP contribution in [0.3, 0.4) is 0 Å². The van der Waals surface area contributed by atoms with E-state index in [1.54, 1.807) is 11.6 Å². The molecule has 2 aromatic heterocycles. The number of nitrogens with zero attached hydrogens (tertiary/aromatic N) is 5. The van der Waals surface area contributed by atoms with Crippen LogP contribution < -0.4 is 21.9 Å². The molecule has 8 heteroatoms. The molecule has 3 aromatic rings. The average Bonchev–Trinajstić information content (AvgIpc) is 3.21. The van der Waals surface area contributed by atoms with Crippen LogP contribution in [-0.2, 0) is 26.6 Å². The lowest BCUT2D eigenvalue weighted by molar-refractivity contribution is 0.495. The smallest absolute Gasteiger partial charge is 0.332 e. The minimum absolute atomic E-state index is 0.0773. The van der Waals surface area contributed by atoms with Gasteiger partial charge in [-0.1, -0.05) is 42.0 Å². The van der Waals surface area contributed by atoms with Gasteiger partial charge >= 0.3 is 5.69 Å². The lowest BCUT2D eigenvalue weighted by atomic mass is 10.1. The molecule has 0 amide bonds. The molecule has 0 aliphatic carbocycles. The van der Waals surface area contributed by atoms with Gasteiger partial charge in [-0.25, -0.2) is 4.79 Å². The lowest BCUT2D eigenvalue weighted by Crippen LogP contribution is -2.44. The van der Waals surface area contributed by atoms with Gasteiger partial charge in [-0.15, -0.1) is 0 Å². The van der Waals surface area contributed by atoms with Crippen molar-refractivity contribution >= 4 is 17.1 Å². The molecule has 2 N–H and O–H groups in total. The predicted octanol–water partition coefficient (Wildman–Crippen LogP) is 2.81. The molecule has 34 heavy (non-hydrogen) atoms. The van der Waals surface area contributed by atoms with E-state index in [1.165, 1.54) is 10.1 Å². The van der Waals surface area contributed by atoms with Crippen molar-refractivity contribution in [3.8, 4) is 0 Å². The van der Waals surface area contributed by atoms with E-state index in [-0.39, 0.29) is 17.3 Å². The van der Waals surface area contributed by atoms with Crippen molar-refractivity contribution in [3.05, 3.63) is 68.4 Å². The summed E-state index contributed by atoms with van der Waals surface area (Å²) in [6.45, 7) is 6.66. The molecule has 4 rings (SSSR count). The van der Waals surface area contributed by atoms with E-state index in [0.29, 0.717) is 30.8 Å². The van der Waals surface area contributed by atoms with Crippen molar-refractivity contribution in [2.45, 2.75) is 65.1 Å². The Morgan fingerprint density at radius 3 is 2.62 bits per heavy atom. The van der Waals surface area contributed by atoms with Gasteiger partial charge in [0.05, 0.1) is 0 Å². The molecule has 0 spiro atoms. The van der Waals surface area contributed by atoms with Crippen LogP contribution in [0.1, 0.15) is 45.1 Å². The number of hydrogen-bond acceptors (Lipinski definition) is 5. The number of imidazole rings is 1. The Morgan fingerprint density at radius 2 is 1.91 bits per heavy atom. The quantitative estimate of drug-likeness (QED) is 0.409. The fraction of sp³-hybridized carbons (Fsp3) is 0.500. The third-order valence-electron chi connectivity index (χ3n) is 6.57. The number of fused-ring (bicyclic) bond motifs is 1. The first-order valence-corrected chi connectivity index (χ1v) is 12.2. The molecule has 3 heterocycles. The monoisotopic (exact) mass is 464 g/mol. The van der Waals surface area contributed by atoms with Gasteiger partial charge < -0.3 is 15.2 Å². The molecule has 8 nitrogen and oxygen atoms in total. The van der Waals surface area contributed by atoms with Crippen molar-refractivity contribution in [2.75, 3.05) is 18.0 Å². The largest absolute Gasteiger partial charge is 0.341 e. The van der Waals surface area contributed by atoms with Crippen LogP contribution in [0.4, 0.5) is 5.95 Å². The highest BCUT2D eigenvalue weighted by molar-refractivity contribution is 5.75. The minimum atomic E-state index is -0.314. The zero-order valence-electron chi connectivity index (χ0n) is 20.5. The van der Waals surface area contributed by atoms with Gasteiger partial charge in [-0.3, -0.25) is 13.9 Å². The van der Waals surface area contributed by atoms with E-state index >= 15 is 0 Å². The Balaban J connectivity index is 1.73. The van der Waals surface area contributed by atoms with Gasteiger partial charge in [0.25, 0.3) is 5.56 Å².